The van der Waals surface area contributed by atoms with Crippen molar-refractivity contribution in [2.45, 2.75) is 0 Å². The van der Waals surface area contributed by atoms with Gasteiger partial charge >= 0.3 is 0 Å². The summed E-state index contributed by atoms with van der Waals surface area (Å²) < 4.78 is 8.71. The van der Waals surface area contributed by atoms with E-state index >= 15 is 0 Å². The average molecular weight is 562 g/mol. The van der Waals surface area contributed by atoms with E-state index in [-0.39, 0.29) is 0 Å². The molecule has 0 aliphatic carbocycles. The molecule has 0 bridgehead atoms. The summed E-state index contributed by atoms with van der Waals surface area (Å²) in [5.41, 5.74) is 12.5. The lowest BCUT2D eigenvalue weighted by molar-refractivity contribution is 0.670. The van der Waals surface area contributed by atoms with Crippen molar-refractivity contribution in [3.05, 3.63) is 164 Å². The van der Waals surface area contributed by atoms with E-state index in [1.54, 1.807) is 0 Å². The normalized spacial score (nSPS) is 11.6. The summed E-state index contributed by atoms with van der Waals surface area (Å²) in [6, 6.07) is 58.4. The predicted molar refractivity (Wildman–Crippen MR) is 184 cm³/mol. The number of para-hydroxylation sites is 4. The Hall–Kier alpha value is -5.86. The standard InChI is InChI=1S/C42H27NO/c1-2-10-30(11-3-1)33-14-8-16-37-35-12-4-6-18-39(35)43(41(33)37)32-26-24-29(25-27-32)28-20-22-31(23-21-28)34-15-9-17-38-36-13-5-7-19-40(36)44-42(34)38/h1-27H. The summed E-state index contributed by atoms with van der Waals surface area (Å²) >= 11 is 0. The van der Waals surface area contributed by atoms with Gasteiger partial charge in [-0.05, 0) is 46.5 Å². The molecular weight excluding hydrogens is 534 g/mol. The van der Waals surface area contributed by atoms with Crippen molar-refractivity contribution in [1.29, 1.82) is 0 Å². The van der Waals surface area contributed by atoms with E-state index in [2.05, 4.69) is 156 Å². The number of benzene rings is 7. The van der Waals surface area contributed by atoms with Crippen LogP contribution in [0, 0.1) is 0 Å². The van der Waals surface area contributed by atoms with E-state index in [1.807, 2.05) is 12.1 Å². The first-order valence-corrected chi connectivity index (χ1v) is 15.0. The Bertz CT molecular complexity index is 2460. The molecule has 206 valence electrons. The first-order chi connectivity index (χ1) is 21.8. The summed E-state index contributed by atoms with van der Waals surface area (Å²) in [6.07, 6.45) is 0. The van der Waals surface area contributed by atoms with Gasteiger partial charge < -0.3 is 8.98 Å². The molecule has 0 aliphatic rings. The molecular formula is C42H27NO. The van der Waals surface area contributed by atoms with Gasteiger partial charge in [-0.25, -0.2) is 0 Å². The molecule has 2 nitrogen and oxygen atoms in total. The number of hydrogen-bond acceptors (Lipinski definition) is 1. The summed E-state index contributed by atoms with van der Waals surface area (Å²) in [6.45, 7) is 0. The summed E-state index contributed by atoms with van der Waals surface area (Å²) in [4.78, 5) is 0. The number of nitrogens with zero attached hydrogens (tertiary/aromatic N) is 1. The quantitative estimate of drug-likeness (QED) is 0.209. The van der Waals surface area contributed by atoms with Gasteiger partial charge in [0, 0.05) is 38.4 Å². The Labute approximate surface area is 255 Å². The van der Waals surface area contributed by atoms with Crippen LogP contribution >= 0.6 is 0 Å². The number of fused-ring (bicyclic) bond motifs is 6. The van der Waals surface area contributed by atoms with E-state index in [1.165, 1.54) is 44.1 Å². The highest BCUT2D eigenvalue weighted by molar-refractivity contribution is 6.14. The minimum absolute atomic E-state index is 0.922. The molecule has 0 amide bonds. The van der Waals surface area contributed by atoms with Crippen LogP contribution in [0.3, 0.4) is 0 Å². The fourth-order valence-electron chi connectivity index (χ4n) is 6.76. The van der Waals surface area contributed by atoms with Crippen LogP contribution < -0.4 is 0 Å². The van der Waals surface area contributed by atoms with Crippen LogP contribution in [0.25, 0.3) is 82.8 Å². The number of hydrogen-bond donors (Lipinski definition) is 0. The van der Waals surface area contributed by atoms with Gasteiger partial charge in [0.1, 0.15) is 11.2 Å². The van der Waals surface area contributed by atoms with Gasteiger partial charge in [-0.15, -0.1) is 0 Å². The van der Waals surface area contributed by atoms with Crippen molar-refractivity contribution >= 4 is 43.7 Å². The van der Waals surface area contributed by atoms with E-state index in [4.69, 9.17) is 4.42 Å². The molecule has 9 aromatic rings. The molecule has 0 aliphatic heterocycles. The molecule has 44 heavy (non-hydrogen) atoms. The van der Waals surface area contributed by atoms with Crippen LogP contribution in [-0.4, -0.2) is 4.57 Å². The lowest BCUT2D eigenvalue weighted by atomic mass is 9.98. The van der Waals surface area contributed by atoms with Gasteiger partial charge in [-0.1, -0.05) is 140 Å². The molecule has 0 N–H and O–H groups in total. The predicted octanol–water partition coefficient (Wildman–Crippen LogP) is 11.7. The topological polar surface area (TPSA) is 18.1 Å². The highest BCUT2D eigenvalue weighted by Gasteiger charge is 2.16. The molecule has 9 rings (SSSR count). The maximum atomic E-state index is 6.30. The lowest BCUT2D eigenvalue weighted by Gasteiger charge is -2.13. The Kier molecular flexibility index (Phi) is 5.54. The number of aromatic nitrogens is 1. The van der Waals surface area contributed by atoms with Crippen molar-refractivity contribution in [1.82, 2.24) is 4.57 Å². The largest absolute Gasteiger partial charge is 0.455 e. The third-order valence-electron chi connectivity index (χ3n) is 8.84. The Morgan fingerprint density at radius 2 is 0.932 bits per heavy atom. The zero-order chi connectivity index (χ0) is 29.0. The lowest BCUT2D eigenvalue weighted by Crippen LogP contribution is -1.95. The van der Waals surface area contributed by atoms with Gasteiger partial charge in [0.2, 0.25) is 0 Å². The maximum Gasteiger partial charge on any atom is 0.143 e. The van der Waals surface area contributed by atoms with Crippen molar-refractivity contribution < 1.29 is 4.42 Å². The molecule has 0 atom stereocenters. The third-order valence-corrected chi connectivity index (χ3v) is 8.84. The molecule has 7 aromatic carbocycles. The van der Waals surface area contributed by atoms with Gasteiger partial charge in [-0.3, -0.25) is 0 Å². The number of furan rings is 1. The number of rotatable bonds is 4. The van der Waals surface area contributed by atoms with Crippen LogP contribution in [0.1, 0.15) is 0 Å². The highest BCUT2D eigenvalue weighted by Crippen LogP contribution is 2.39. The fraction of sp³-hybridized carbons (Fsp3) is 0. The summed E-state index contributed by atoms with van der Waals surface area (Å²) in [5, 5.41) is 4.83. The smallest absolute Gasteiger partial charge is 0.143 e. The second kappa shape index (κ2) is 9.86. The monoisotopic (exact) mass is 561 g/mol. The first kappa shape index (κ1) is 24.7. The molecule has 0 spiro atoms. The average Bonchev–Trinajstić information content (AvgIpc) is 3.65. The summed E-state index contributed by atoms with van der Waals surface area (Å²) in [7, 11) is 0. The molecule has 2 heteroatoms. The minimum Gasteiger partial charge on any atom is -0.455 e. The van der Waals surface area contributed by atoms with Crippen molar-refractivity contribution in [3.8, 4) is 39.1 Å². The van der Waals surface area contributed by atoms with Crippen molar-refractivity contribution in [3.63, 3.8) is 0 Å². The Morgan fingerprint density at radius 3 is 1.73 bits per heavy atom. The second-order valence-electron chi connectivity index (χ2n) is 11.3. The van der Waals surface area contributed by atoms with Crippen LogP contribution in [0.5, 0.6) is 0 Å². The molecule has 0 fully saturated rings. The zero-order valence-corrected chi connectivity index (χ0v) is 23.9. The Balaban J connectivity index is 1.12. The molecule has 0 unspecified atom stereocenters. The van der Waals surface area contributed by atoms with E-state index in [0.29, 0.717) is 0 Å². The van der Waals surface area contributed by atoms with Crippen LogP contribution in [-0.2, 0) is 0 Å². The van der Waals surface area contributed by atoms with Gasteiger partial charge in [-0.2, -0.15) is 0 Å². The summed E-state index contributed by atoms with van der Waals surface area (Å²) in [5.74, 6) is 0. The van der Waals surface area contributed by atoms with Crippen LogP contribution in [0.2, 0.25) is 0 Å². The third kappa shape index (κ3) is 3.82. The van der Waals surface area contributed by atoms with Gasteiger partial charge in [0.05, 0.1) is 11.0 Å². The molecule has 2 aromatic heterocycles. The fourth-order valence-corrected chi connectivity index (χ4v) is 6.76. The van der Waals surface area contributed by atoms with E-state index < -0.39 is 0 Å². The molecule has 0 saturated carbocycles. The van der Waals surface area contributed by atoms with Crippen molar-refractivity contribution in [2.24, 2.45) is 0 Å². The van der Waals surface area contributed by atoms with Gasteiger partial charge in [0.25, 0.3) is 0 Å². The van der Waals surface area contributed by atoms with Gasteiger partial charge in [0.15, 0.2) is 0 Å². The molecule has 2 heterocycles. The van der Waals surface area contributed by atoms with Crippen LogP contribution in [0.4, 0.5) is 0 Å². The Morgan fingerprint density at radius 1 is 0.364 bits per heavy atom. The molecule has 0 radical (unpaired) electrons. The minimum atomic E-state index is 0.922. The first-order valence-electron chi connectivity index (χ1n) is 15.0. The van der Waals surface area contributed by atoms with E-state index in [0.717, 1.165) is 38.8 Å². The maximum absolute atomic E-state index is 6.30. The second-order valence-corrected chi connectivity index (χ2v) is 11.3. The van der Waals surface area contributed by atoms with E-state index in [9.17, 15) is 0 Å². The van der Waals surface area contributed by atoms with Crippen molar-refractivity contribution in [2.75, 3.05) is 0 Å². The van der Waals surface area contributed by atoms with Crippen LogP contribution in [0.15, 0.2) is 168 Å². The SMILES string of the molecule is c1ccc(-c2cccc3c4ccccc4n(-c4ccc(-c5ccc(-c6cccc7c6oc6ccccc67)cc5)cc4)c23)cc1. The molecule has 0 saturated heterocycles. The highest BCUT2D eigenvalue weighted by atomic mass is 16.3. The zero-order valence-electron chi connectivity index (χ0n) is 23.9.